The number of halogens is 1. The Balaban J connectivity index is 1.33. The largest absolute Gasteiger partial charge is 0.355 e. The van der Waals surface area contributed by atoms with Gasteiger partial charge in [0.1, 0.15) is 0 Å². The topological polar surface area (TPSA) is 32.3 Å². The highest BCUT2D eigenvalue weighted by atomic mass is 35.5. The van der Waals surface area contributed by atoms with Crippen molar-refractivity contribution in [2.75, 3.05) is 26.2 Å². The van der Waals surface area contributed by atoms with E-state index >= 15 is 0 Å². The van der Waals surface area contributed by atoms with E-state index in [0.717, 1.165) is 42.4 Å². The number of carbonyl (C=O) groups is 1. The van der Waals surface area contributed by atoms with Gasteiger partial charge in [-0.3, -0.25) is 9.69 Å². The molecule has 3 rings (SSSR count). The average molecular weight is 371 g/mol. The molecule has 1 fully saturated rings. The van der Waals surface area contributed by atoms with Crippen molar-refractivity contribution >= 4 is 17.5 Å². The molecule has 0 atom stereocenters. The minimum absolute atomic E-state index is 0.119. The van der Waals surface area contributed by atoms with E-state index in [2.05, 4.69) is 40.5 Å². The third kappa shape index (κ3) is 6.15. The Hall–Kier alpha value is -1.84. The van der Waals surface area contributed by atoms with Gasteiger partial charge in [0.05, 0.1) is 6.54 Å². The Morgan fingerprint density at radius 1 is 1.04 bits per heavy atom. The van der Waals surface area contributed by atoms with E-state index in [1.165, 1.54) is 18.4 Å². The maximum Gasteiger partial charge on any atom is 0.234 e. The first-order chi connectivity index (χ1) is 12.7. The van der Waals surface area contributed by atoms with Gasteiger partial charge in [0.15, 0.2) is 0 Å². The van der Waals surface area contributed by atoms with Gasteiger partial charge in [0.2, 0.25) is 5.91 Å². The summed E-state index contributed by atoms with van der Waals surface area (Å²) in [5, 5.41) is 3.77. The molecule has 1 amide bonds. The molecular formula is C22H27ClN2O. The standard InChI is InChI=1S/C22H27ClN2O/c23-21-8-4-7-19(16-21)9-12-24-22(26)17-25-13-10-20(11-14-25)15-18-5-2-1-3-6-18/h1-8,16,20H,9-15,17H2,(H,24,26). The van der Waals surface area contributed by atoms with E-state index in [4.69, 9.17) is 11.6 Å². The first-order valence-corrected chi connectivity index (χ1v) is 9.84. The lowest BCUT2D eigenvalue weighted by atomic mass is 9.90. The maximum atomic E-state index is 12.2. The van der Waals surface area contributed by atoms with Gasteiger partial charge in [0, 0.05) is 11.6 Å². The Kier molecular flexibility index (Phi) is 7.10. The maximum absolute atomic E-state index is 12.2. The summed E-state index contributed by atoms with van der Waals surface area (Å²) in [6.45, 7) is 3.19. The summed E-state index contributed by atoms with van der Waals surface area (Å²) >= 11 is 5.98. The molecule has 4 heteroatoms. The number of carbonyl (C=O) groups excluding carboxylic acids is 1. The molecule has 3 nitrogen and oxygen atoms in total. The van der Waals surface area contributed by atoms with E-state index in [1.807, 2.05) is 24.3 Å². The molecule has 0 aliphatic carbocycles. The van der Waals surface area contributed by atoms with Crippen molar-refractivity contribution in [3.8, 4) is 0 Å². The van der Waals surface area contributed by atoms with E-state index in [9.17, 15) is 4.79 Å². The SMILES string of the molecule is O=C(CN1CCC(Cc2ccccc2)CC1)NCCc1cccc(Cl)c1. The second-order valence-electron chi connectivity index (χ2n) is 7.14. The van der Waals surface area contributed by atoms with Gasteiger partial charge in [-0.2, -0.15) is 0 Å². The molecule has 1 aliphatic heterocycles. The molecule has 1 N–H and O–H groups in total. The van der Waals surface area contributed by atoms with Crippen molar-refractivity contribution in [3.05, 3.63) is 70.7 Å². The predicted octanol–water partition coefficient (Wildman–Crippen LogP) is 3.95. The molecule has 0 saturated carbocycles. The first-order valence-electron chi connectivity index (χ1n) is 9.46. The molecule has 0 spiro atoms. The van der Waals surface area contributed by atoms with Crippen LogP contribution in [0, 0.1) is 5.92 Å². The summed E-state index contributed by atoms with van der Waals surface area (Å²) < 4.78 is 0. The van der Waals surface area contributed by atoms with Crippen molar-refractivity contribution in [1.29, 1.82) is 0 Å². The zero-order valence-corrected chi connectivity index (χ0v) is 15.9. The Labute approximate surface area is 161 Å². The number of hydrogen-bond acceptors (Lipinski definition) is 2. The number of likely N-dealkylation sites (tertiary alicyclic amines) is 1. The quantitative estimate of drug-likeness (QED) is 0.800. The summed E-state index contributed by atoms with van der Waals surface area (Å²) in [6.07, 6.45) is 4.31. The molecule has 2 aromatic carbocycles. The van der Waals surface area contributed by atoms with Crippen molar-refractivity contribution in [1.82, 2.24) is 10.2 Å². The number of nitrogens with one attached hydrogen (secondary N) is 1. The van der Waals surface area contributed by atoms with Crippen LogP contribution < -0.4 is 5.32 Å². The van der Waals surface area contributed by atoms with Crippen LogP contribution in [0.3, 0.4) is 0 Å². The molecule has 0 radical (unpaired) electrons. The predicted molar refractivity (Wildman–Crippen MR) is 107 cm³/mol. The summed E-state index contributed by atoms with van der Waals surface area (Å²) in [5.41, 5.74) is 2.57. The highest BCUT2D eigenvalue weighted by Gasteiger charge is 2.20. The van der Waals surface area contributed by atoms with Crippen LogP contribution in [0.15, 0.2) is 54.6 Å². The van der Waals surface area contributed by atoms with Crippen LogP contribution in [0.25, 0.3) is 0 Å². The summed E-state index contributed by atoms with van der Waals surface area (Å²) in [4.78, 5) is 14.4. The molecule has 138 valence electrons. The second-order valence-corrected chi connectivity index (χ2v) is 7.58. The number of nitrogens with zero attached hydrogens (tertiary/aromatic N) is 1. The van der Waals surface area contributed by atoms with Gasteiger partial charge in [-0.25, -0.2) is 0 Å². The highest BCUT2D eigenvalue weighted by molar-refractivity contribution is 6.30. The van der Waals surface area contributed by atoms with E-state index < -0.39 is 0 Å². The minimum Gasteiger partial charge on any atom is -0.355 e. The molecule has 2 aromatic rings. The first kappa shape index (κ1) is 18.9. The van der Waals surface area contributed by atoms with Gasteiger partial charge in [-0.1, -0.05) is 54.1 Å². The summed E-state index contributed by atoms with van der Waals surface area (Å²) in [6, 6.07) is 18.5. The molecule has 26 heavy (non-hydrogen) atoms. The molecule has 1 saturated heterocycles. The molecule has 0 aromatic heterocycles. The number of hydrogen-bond donors (Lipinski definition) is 1. The number of amides is 1. The van der Waals surface area contributed by atoms with Crippen LogP contribution in [-0.2, 0) is 17.6 Å². The molecule has 1 heterocycles. The number of rotatable bonds is 7. The highest BCUT2D eigenvalue weighted by Crippen LogP contribution is 2.21. The van der Waals surface area contributed by atoms with Crippen LogP contribution in [-0.4, -0.2) is 37.0 Å². The van der Waals surface area contributed by atoms with Crippen molar-refractivity contribution in [3.63, 3.8) is 0 Å². The Morgan fingerprint density at radius 3 is 2.50 bits per heavy atom. The van der Waals surface area contributed by atoms with E-state index in [-0.39, 0.29) is 5.91 Å². The van der Waals surface area contributed by atoms with Crippen LogP contribution >= 0.6 is 11.6 Å². The zero-order chi connectivity index (χ0) is 18.2. The Morgan fingerprint density at radius 2 is 1.77 bits per heavy atom. The molecule has 0 bridgehead atoms. The normalized spacial score (nSPS) is 15.7. The van der Waals surface area contributed by atoms with Gasteiger partial charge in [-0.15, -0.1) is 0 Å². The van der Waals surface area contributed by atoms with Crippen LogP contribution in [0.2, 0.25) is 5.02 Å². The lowest BCUT2D eigenvalue weighted by Crippen LogP contribution is -2.42. The summed E-state index contributed by atoms with van der Waals surface area (Å²) in [5.74, 6) is 0.855. The smallest absolute Gasteiger partial charge is 0.234 e. The third-order valence-corrected chi connectivity index (χ3v) is 5.30. The van der Waals surface area contributed by atoms with Crippen LogP contribution in [0.4, 0.5) is 0 Å². The number of piperidine rings is 1. The van der Waals surface area contributed by atoms with E-state index in [0.29, 0.717) is 13.1 Å². The third-order valence-electron chi connectivity index (χ3n) is 5.07. The van der Waals surface area contributed by atoms with Crippen LogP contribution in [0.5, 0.6) is 0 Å². The summed E-state index contributed by atoms with van der Waals surface area (Å²) in [7, 11) is 0. The van der Waals surface area contributed by atoms with Crippen molar-refractivity contribution < 1.29 is 4.79 Å². The zero-order valence-electron chi connectivity index (χ0n) is 15.2. The monoisotopic (exact) mass is 370 g/mol. The fourth-order valence-corrected chi connectivity index (χ4v) is 3.81. The molecule has 1 aliphatic rings. The van der Waals surface area contributed by atoms with Gasteiger partial charge < -0.3 is 5.32 Å². The molecule has 0 unspecified atom stereocenters. The fraction of sp³-hybridized carbons (Fsp3) is 0.409. The number of benzene rings is 2. The fourth-order valence-electron chi connectivity index (χ4n) is 3.59. The van der Waals surface area contributed by atoms with Crippen LogP contribution in [0.1, 0.15) is 24.0 Å². The van der Waals surface area contributed by atoms with Crippen molar-refractivity contribution in [2.45, 2.75) is 25.7 Å². The van der Waals surface area contributed by atoms with E-state index in [1.54, 1.807) is 0 Å². The van der Waals surface area contributed by atoms with Gasteiger partial charge >= 0.3 is 0 Å². The minimum atomic E-state index is 0.119. The lowest BCUT2D eigenvalue weighted by Gasteiger charge is -2.31. The molecular weight excluding hydrogens is 344 g/mol. The lowest BCUT2D eigenvalue weighted by molar-refractivity contribution is -0.122. The van der Waals surface area contributed by atoms with Gasteiger partial charge in [0.25, 0.3) is 0 Å². The van der Waals surface area contributed by atoms with Gasteiger partial charge in [-0.05, 0) is 68.0 Å². The average Bonchev–Trinajstić information content (AvgIpc) is 2.64. The second kappa shape index (κ2) is 9.75. The van der Waals surface area contributed by atoms with Crippen molar-refractivity contribution in [2.24, 2.45) is 5.92 Å². The Bertz CT molecular complexity index is 696.